The fourth-order valence-electron chi connectivity index (χ4n) is 3.09. The smallest absolute Gasteiger partial charge is 0.110 e. The molecule has 1 aromatic heterocycles. The number of hydrogen-bond donors (Lipinski definition) is 0. The van der Waals surface area contributed by atoms with Crippen molar-refractivity contribution in [3.05, 3.63) is 30.1 Å². The SMILES string of the molecule is CCn1c(CC2CCCC2Br)nc2ccccc21. The molecule has 2 nitrogen and oxygen atoms in total. The van der Waals surface area contributed by atoms with Crippen LogP contribution in [0.4, 0.5) is 0 Å². The van der Waals surface area contributed by atoms with Crippen molar-refractivity contribution in [2.75, 3.05) is 0 Å². The Bertz CT molecular complexity index is 546. The van der Waals surface area contributed by atoms with Crippen molar-refractivity contribution in [3.8, 4) is 0 Å². The van der Waals surface area contributed by atoms with Crippen molar-refractivity contribution in [2.45, 2.75) is 44.0 Å². The average molecular weight is 307 g/mol. The van der Waals surface area contributed by atoms with Crippen molar-refractivity contribution in [1.29, 1.82) is 0 Å². The van der Waals surface area contributed by atoms with Crippen LogP contribution < -0.4 is 0 Å². The van der Waals surface area contributed by atoms with Crippen LogP contribution in [0.3, 0.4) is 0 Å². The van der Waals surface area contributed by atoms with E-state index in [-0.39, 0.29) is 0 Å². The van der Waals surface area contributed by atoms with E-state index in [0.29, 0.717) is 4.83 Å². The third kappa shape index (κ3) is 2.09. The molecule has 1 aromatic carbocycles. The summed E-state index contributed by atoms with van der Waals surface area (Å²) >= 11 is 3.82. The molecule has 0 radical (unpaired) electrons. The van der Waals surface area contributed by atoms with Gasteiger partial charge in [-0.3, -0.25) is 0 Å². The summed E-state index contributed by atoms with van der Waals surface area (Å²) in [5.41, 5.74) is 2.41. The second-order valence-electron chi connectivity index (χ2n) is 5.17. The Labute approximate surface area is 117 Å². The molecule has 1 aliphatic carbocycles. The van der Waals surface area contributed by atoms with Gasteiger partial charge in [-0.25, -0.2) is 4.98 Å². The van der Waals surface area contributed by atoms with Gasteiger partial charge in [-0.1, -0.05) is 34.5 Å². The molecule has 96 valence electrons. The van der Waals surface area contributed by atoms with Crippen LogP contribution >= 0.6 is 15.9 Å². The first kappa shape index (κ1) is 12.2. The van der Waals surface area contributed by atoms with Crippen LogP contribution in [0.5, 0.6) is 0 Å². The van der Waals surface area contributed by atoms with Crippen molar-refractivity contribution in [3.63, 3.8) is 0 Å². The lowest BCUT2D eigenvalue weighted by Crippen LogP contribution is -2.13. The molecule has 0 aliphatic heterocycles. The quantitative estimate of drug-likeness (QED) is 0.779. The van der Waals surface area contributed by atoms with Crippen LogP contribution in [0.1, 0.15) is 32.0 Å². The molecule has 1 fully saturated rings. The largest absolute Gasteiger partial charge is 0.328 e. The van der Waals surface area contributed by atoms with E-state index in [4.69, 9.17) is 4.98 Å². The molecule has 1 saturated carbocycles. The van der Waals surface area contributed by atoms with Gasteiger partial charge in [0.15, 0.2) is 0 Å². The summed E-state index contributed by atoms with van der Waals surface area (Å²) in [6, 6.07) is 8.46. The molecular formula is C15H19BrN2. The Morgan fingerprint density at radius 3 is 2.89 bits per heavy atom. The van der Waals surface area contributed by atoms with Crippen LogP contribution in [0.25, 0.3) is 11.0 Å². The monoisotopic (exact) mass is 306 g/mol. The fraction of sp³-hybridized carbons (Fsp3) is 0.533. The zero-order valence-electron chi connectivity index (χ0n) is 10.8. The highest BCUT2D eigenvalue weighted by molar-refractivity contribution is 9.09. The van der Waals surface area contributed by atoms with E-state index >= 15 is 0 Å². The van der Waals surface area contributed by atoms with Crippen molar-refractivity contribution in [2.24, 2.45) is 5.92 Å². The number of para-hydroxylation sites is 2. The van der Waals surface area contributed by atoms with Gasteiger partial charge in [0.1, 0.15) is 5.82 Å². The normalized spacial score (nSPS) is 23.9. The van der Waals surface area contributed by atoms with E-state index < -0.39 is 0 Å². The molecule has 18 heavy (non-hydrogen) atoms. The molecule has 3 rings (SSSR count). The maximum absolute atomic E-state index is 4.82. The topological polar surface area (TPSA) is 17.8 Å². The molecule has 3 heteroatoms. The maximum Gasteiger partial charge on any atom is 0.110 e. The molecule has 0 bridgehead atoms. The Morgan fingerprint density at radius 2 is 2.17 bits per heavy atom. The molecule has 0 saturated heterocycles. The van der Waals surface area contributed by atoms with Crippen LogP contribution in [-0.4, -0.2) is 14.4 Å². The fourth-order valence-corrected chi connectivity index (χ4v) is 3.87. The second kappa shape index (κ2) is 5.04. The predicted molar refractivity (Wildman–Crippen MR) is 79.2 cm³/mol. The molecule has 0 amide bonds. The van der Waals surface area contributed by atoms with Gasteiger partial charge in [0.05, 0.1) is 11.0 Å². The second-order valence-corrected chi connectivity index (χ2v) is 6.35. The average Bonchev–Trinajstić information content (AvgIpc) is 2.93. The van der Waals surface area contributed by atoms with Gasteiger partial charge in [0, 0.05) is 17.8 Å². The van der Waals surface area contributed by atoms with Crippen LogP contribution in [0.2, 0.25) is 0 Å². The first-order valence-corrected chi connectivity index (χ1v) is 7.79. The number of rotatable bonds is 3. The first-order chi connectivity index (χ1) is 8.79. The molecule has 2 aromatic rings. The van der Waals surface area contributed by atoms with E-state index in [1.54, 1.807) is 0 Å². The predicted octanol–water partition coefficient (Wildman–Crippen LogP) is 4.16. The van der Waals surface area contributed by atoms with Gasteiger partial charge in [-0.15, -0.1) is 0 Å². The molecule has 2 atom stereocenters. The van der Waals surface area contributed by atoms with Gasteiger partial charge in [-0.2, -0.15) is 0 Å². The summed E-state index contributed by atoms with van der Waals surface area (Å²) in [4.78, 5) is 5.51. The molecule has 0 N–H and O–H groups in total. The molecule has 2 unspecified atom stereocenters. The first-order valence-electron chi connectivity index (χ1n) is 6.87. The zero-order chi connectivity index (χ0) is 12.5. The lowest BCUT2D eigenvalue weighted by atomic mass is 10.0. The lowest BCUT2D eigenvalue weighted by molar-refractivity contribution is 0.529. The highest BCUT2D eigenvalue weighted by Gasteiger charge is 2.26. The zero-order valence-corrected chi connectivity index (χ0v) is 12.4. The molecule has 0 spiro atoms. The highest BCUT2D eigenvalue weighted by atomic mass is 79.9. The third-order valence-electron chi connectivity index (χ3n) is 4.06. The minimum Gasteiger partial charge on any atom is -0.328 e. The molecule has 1 aliphatic rings. The Hall–Kier alpha value is -0.830. The lowest BCUT2D eigenvalue weighted by Gasteiger charge is -2.14. The van der Waals surface area contributed by atoms with Crippen LogP contribution in [0.15, 0.2) is 24.3 Å². The van der Waals surface area contributed by atoms with E-state index in [0.717, 1.165) is 24.4 Å². The number of aromatic nitrogens is 2. The van der Waals surface area contributed by atoms with Gasteiger partial charge in [0.2, 0.25) is 0 Å². The summed E-state index contributed by atoms with van der Waals surface area (Å²) in [5.74, 6) is 2.02. The molecular weight excluding hydrogens is 288 g/mol. The number of halogens is 1. The maximum atomic E-state index is 4.82. The number of aryl methyl sites for hydroxylation is 1. The number of alkyl halides is 1. The van der Waals surface area contributed by atoms with Crippen LogP contribution in [-0.2, 0) is 13.0 Å². The summed E-state index contributed by atoms with van der Waals surface area (Å²) in [6.07, 6.45) is 5.12. The van der Waals surface area contributed by atoms with E-state index in [9.17, 15) is 0 Å². The van der Waals surface area contributed by atoms with E-state index in [1.807, 2.05) is 0 Å². The Kier molecular flexibility index (Phi) is 3.42. The van der Waals surface area contributed by atoms with E-state index in [1.165, 1.54) is 30.6 Å². The Morgan fingerprint density at radius 1 is 1.33 bits per heavy atom. The van der Waals surface area contributed by atoms with Gasteiger partial charge in [-0.05, 0) is 37.8 Å². The summed E-state index contributed by atoms with van der Waals surface area (Å²) in [6.45, 7) is 3.22. The van der Waals surface area contributed by atoms with Gasteiger partial charge < -0.3 is 4.57 Å². The van der Waals surface area contributed by atoms with E-state index in [2.05, 4.69) is 51.7 Å². The molecule has 1 heterocycles. The standard InChI is InChI=1S/C15H19BrN2/c1-2-18-14-9-4-3-8-13(14)17-15(18)10-11-6-5-7-12(11)16/h3-4,8-9,11-12H,2,5-7,10H2,1H3. The van der Waals surface area contributed by atoms with Gasteiger partial charge in [0.25, 0.3) is 0 Å². The number of nitrogens with zero attached hydrogens (tertiary/aromatic N) is 2. The number of imidazole rings is 1. The Balaban J connectivity index is 1.95. The number of benzene rings is 1. The number of hydrogen-bond acceptors (Lipinski definition) is 1. The minimum atomic E-state index is 0.683. The van der Waals surface area contributed by atoms with Crippen LogP contribution in [0, 0.1) is 5.92 Å². The summed E-state index contributed by atoms with van der Waals surface area (Å²) in [5, 5.41) is 0. The summed E-state index contributed by atoms with van der Waals surface area (Å²) in [7, 11) is 0. The number of fused-ring (bicyclic) bond motifs is 1. The minimum absolute atomic E-state index is 0.683. The van der Waals surface area contributed by atoms with Gasteiger partial charge >= 0.3 is 0 Å². The van der Waals surface area contributed by atoms with Crippen molar-refractivity contribution >= 4 is 27.0 Å². The summed E-state index contributed by atoms with van der Waals surface area (Å²) < 4.78 is 2.37. The van der Waals surface area contributed by atoms with Crippen molar-refractivity contribution in [1.82, 2.24) is 9.55 Å². The highest BCUT2D eigenvalue weighted by Crippen LogP contribution is 2.34. The third-order valence-corrected chi connectivity index (χ3v) is 5.27. The van der Waals surface area contributed by atoms with Crippen molar-refractivity contribution < 1.29 is 0 Å².